The lowest BCUT2D eigenvalue weighted by Crippen LogP contribution is -2.38. The summed E-state index contributed by atoms with van der Waals surface area (Å²) >= 11 is 1.26. The number of aryl methyl sites for hydroxylation is 2. The minimum Gasteiger partial charge on any atom is -0.481 e. The lowest BCUT2D eigenvalue weighted by molar-refractivity contribution is -0.147. The van der Waals surface area contributed by atoms with Gasteiger partial charge in [-0.15, -0.1) is 10.2 Å². The summed E-state index contributed by atoms with van der Waals surface area (Å²) < 4.78 is 12.2. The predicted octanol–water partition coefficient (Wildman–Crippen LogP) is 9.41. The molecule has 2 aliphatic rings. The van der Waals surface area contributed by atoms with Crippen LogP contribution in [-0.2, 0) is 9.59 Å². The van der Waals surface area contributed by atoms with E-state index in [4.69, 9.17) is 19.4 Å². The van der Waals surface area contributed by atoms with Gasteiger partial charge in [0.2, 0.25) is 34.6 Å². The summed E-state index contributed by atoms with van der Waals surface area (Å²) in [7, 11) is 6.86. The molecule has 7 aromatic rings. The molecule has 2 aromatic carbocycles. The van der Waals surface area contributed by atoms with E-state index in [1.165, 1.54) is 21.1 Å². The Hall–Kier alpha value is -7.92. The quantitative estimate of drug-likeness (QED) is 0.139. The van der Waals surface area contributed by atoms with E-state index in [1.54, 1.807) is 71.8 Å². The molecule has 5 aromatic heterocycles. The summed E-state index contributed by atoms with van der Waals surface area (Å²) in [4.78, 5) is 71.6. The van der Waals surface area contributed by atoms with Crippen molar-refractivity contribution in [3.8, 4) is 46.0 Å². The minimum atomic E-state index is -1.10. The number of hydrogen-bond acceptors (Lipinski definition) is 13. The molecule has 69 heavy (non-hydrogen) atoms. The highest BCUT2D eigenvalue weighted by atomic mass is 32.1. The average molecular weight is 946 g/mol. The number of carbonyl (C=O) groups is 4. The number of anilines is 1. The van der Waals surface area contributed by atoms with E-state index < -0.39 is 22.7 Å². The monoisotopic (exact) mass is 945 g/mol. The van der Waals surface area contributed by atoms with Crippen LogP contribution >= 0.6 is 11.3 Å². The van der Waals surface area contributed by atoms with Gasteiger partial charge in [-0.1, -0.05) is 73.7 Å². The maximum absolute atomic E-state index is 13.5. The largest absolute Gasteiger partial charge is 0.481 e. The molecule has 0 bridgehead atoms. The Morgan fingerprint density at radius 2 is 0.957 bits per heavy atom. The van der Waals surface area contributed by atoms with Crippen molar-refractivity contribution in [3.63, 3.8) is 0 Å². The molecule has 0 fully saturated rings. The molecule has 0 radical (unpaired) electrons. The minimum absolute atomic E-state index is 0.0665. The molecule has 17 heteroatoms. The van der Waals surface area contributed by atoms with Crippen molar-refractivity contribution in [2.45, 2.75) is 53.4 Å². The number of benzene rings is 2. The number of carbonyl (C=O) groups excluding carboxylic acids is 3. The summed E-state index contributed by atoms with van der Waals surface area (Å²) in [6, 6.07) is 29.7. The van der Waals surface area contributed by atoms with E-state index in [1.807, 2.05) is 100 Å². The first-order valence-electron chi connectivity index (χ1n) is 22.0. The normalized spacial score (nSPS) is 14.5. The van der Waals surface area contributed by atoms with Crippen LogP contribution in [0.5, 0.6) is 23.5 Å². The second-order valence-electron chi connectivity index (χ2n) is 18.4. The highest BCUT2D eigenvalue weighted by Crippen LogP contribution is 2.53. The van der Waals surface area contributed by atoms with E-state index in [2.05, 4.69) is 25.5 Å². The highest BCUT2D eigenvalue weighted by Gasteiger charge is 2.46. The van der Waals surface area contributed by atoms with Crippen LogP contribution < -0.4 is 14.8 Å². The van der Waals surface area contributed by atoms with Crippen molar-refractivity contribution >= 4 is 40.2 Å². The number of aromatic nitrogens is 6. The third-order valence-electron chi connectivity index (χ3n) is 12.3. The zero-order valence-electron chi connectivity index (χ0n) is 39.9. The van der Waals surface area contributed by atoms with Gasteiger partial charge in [0.1, 0.15) is 5.51 Å². The zero-order valence-corrected chi connectivity index (χ0v) is 40.7. The van der Waals surface area contributed by atoms with Crippen molar-refractivity contribution in [2.75, 3.05) is 33.5 Å². The van der Waals surface area contributed by atoms with Crippen LogP contribution in [0.25, 0.3) is 22.5 Å². The maximum atomic E-state index is 13.5. The van der Waals surface area contributed by atoms with E-state index in [-0.39, 0.29) is 23.6 Å². The Balaban J connectivity index is 0.000000188. The van der Waals surface area contributed by atoms with E-state index >= 15 is 0 Å². The van der Waals surface area contributed by atoms with Crippen molar-refractivity contribution in [1.29, 1.82) is 0 Å². The molecule has 3 amide bonds. The number of hydrogen-bond donors (Lipinski definition) is 2. The molecule has 0 spiro atoms. The number of nitrogens with one attached hydrogen (secondary N) is 1. The topological polar surface area (TPSA) is 203 Å². The van der Waals surface area contributed by atoms with Crippen molar-refractivity contribution in [1.82, 2.24) is 39.9 Å². The molecule has 0 saturated heterocycles. The molecular formula is C52H51N9O7S. The Bertz CT molecular complexity index is 3120. The molecule has 0 aliphatic carbocycles. The van der Waals surface area contributed by atoms with E-state index in [0.29, 0.717) is 56.7 Å². The van der Waals surface area contributed by atoms with Crippen LogP contribution in [0, 0.1) is 24.7 Å². The zero-order chi connectivity index (χ0) is 49.5. The summed E-state index contributed by atoms with van der Waals surface area (Å²) in [6.07, 6.45) is 0. The second-order valence-corrected chi connectivity index (χ2v) is 19.3. The fourth-order valence-electron chi connectivity index (χ4n) is 8.41. The summed E-state index contributed by atoms with van der Waals surface area (Å²) in [5.74, 6) is -0.509. The van der Waals surface area contributed by atoms with Crippen molar-refractivity contribution < 1.29 is 33.8 Å². The summed E-state index contributed by atoms with van der Waals surface area (Å²) in [5, 5.41) is 21.0. The van der Waals surface area contributed by atoms with Gasteiger partial charge in [0, 0.05) is 95.9 Å². The smallest absolute Gasteiger partial charge is 0.310 e. The Morgan fingerprint density at radius 3 is 1.33 bits per heavy atom. The van der Waals surface area contributed by atoms with Gasteiger partial charge in [0.25, 0.3) is 11.8 Å². The lowest BCUT2D eigenvalue weighted by Gasteiger charge is -2.37. The van der Waals surface area contributed by atoms with Crippen LogP contribution in [0.1, 0.15) is 93.9 Å². The van der Waals surface area contributed by atoms with Crippen molar-refractivity contribution in [2.24, 2.45) is 10.8 Å². The van der Waals surface area contributed by atoms with Gasteiger partial charge in [-0.05, 0) is 76.2 Å². The summed E-state index contributed by atoms with van der Waals surface area (Å²) in [5.41, 5.74) is 8.40. The third kappa shape index (κ3) is 9.37. The SMILES string of the molecule is Cc1ccc2c(n1)Oc1nc(-c3ccc(C(=O)N(C)C)cc3)ccc1C2C(C)(C)C(=O)Nc1nncs1.Cc1ccc2c(n1)Oc1nc(-c3ccc(C(=O)N(C)C)cc3)ccc1C2C(C)(C)C(=O)O. The molecule has 2 atom stereocenters. The number of aliphatic carboxylic acids is 1. The van der Waals surface area contributed by atoms with Gasteiger partial charge in [0.05, 0.1) is 22.2 Å². The second kappa shape index (κ2) is 18.6. The van der Waals surface area contributed by atoms with Gasteiger partial charge in [-0.3, -0.25) is 19.2 Å². The van der Waals surface area contributed by atoms with Gasteiger partial charge in [-0.25, -0.2) is 19.9 Å². The molecular weight excluding hydrogens is 895 g/mol. The molecule has 7 heterocycles. The van der Waals surface area contributed by atoms with Crippen LogP contribution in [-0.4, -0.2) is 96.9 Å². The molecule has 0 saturated carbocycles. The van der Waals surface area contributed by atoms with Crippen molar-refractivity contribution in [3.05, 3.63) is 147 Å². The van der Waals surface area contributed by atoms with Crippen LogP contribution in [0.15, 0.2) is 103 Å². The molecule has 2 N–H and O–H groups in total. The number of carboxylic acids is 1. The van der Waals surface area contributed by atoms with Gasteiger partial charge in [-0.2, -0.15) is 0 Å². The summed E-state index contributed by atoms with van der Waals surface area (Å²) in [6.45, 7) is 10.9. The van der Waals surface area contributed by atoms with Gasteiger partial charge in [0.15, 0.2) is 0 Å². The number of fused-ring (bicyclic) bond motifs is 4. The molecule has 2 aliphatic heterocycles. The Labute approximate surface area is 403 Å². The van der Waals surface area contributed by atoms with Gasteiger partial charge >= 0.3 is 5.97 Å². The van der Waals surface area contributed by atoms with Crippen LogP contribution in [0.3, 0.4) is 0 Å². The Morgan fingerprint density at radius 1 is 0.565 bits per heavy atom. The number of rotatable bonds is 9. The predicted molar refractivity (Wildman–Crippen MR) is 261 cm³/mol. The molecule has 2 unspecified atom stereocenters. The first-order valence-corrected chi connectivity index (χ1v) is 22.9. The standard InChI is InChI=1S/C27H26N6O3S.C25H25N3O4/c1-15-6-11-18-21(27(2,3)25(35)31-26-32-28-14-37-26)19-12-13-20(30-23(19)36-22(18)29-15)16-7-9-17(10-8-16)24(34)33(4)5;1-14-6-11-17-20(25(2,3)24(30)31)18-12-13-19(27-22(18)32-21(17)26-14)15-7-9-16(10-8-15)23(29)28(4)5/h6-14,21H,1-5H3,(H,31,32,35);6-13,20H,1-5H3,(H,30,31). The number of pyridine rings is 4. The number of amides is 3. The molecule has 9 rings (SSSR count). The van der Waals surface area contributed by atoms with Gasteiger partial charge < -0.3 is 29.7 Å². The molecule has 352 valence electrons. The third-order valence-corrected chi connectivity index (χ3v) is 12.9. The molecule has 16 nitrogen and oxygen atoms in total. The highest BCUT2D eigenvalue weighted by molar-refractivity contribution is 7.13. The Kier molecular flexibility index (Phi) is 12.8. The maximum Gasteiger partial charge on any atom is 0.310 e. The van der Waals surface area contributed by atoms with Crippen LogP contribution in [0.2, 0.25) is 0 Å². The number of ether oxygens (including phenoxy) is 2. The van der Waals surface area contributed by atoms with Crippen LogP contribution in [0.4, 0.5) is 5.13 Å². The average Bonchev–Trinajstić information content (AvgIpc) is 3.84. The van der Waals surface area contributed by atoms with E-state index in [0.717, 1.165) is 39.2 Å². The fraction of sp³-hybridized carbons (Fsp3) is 0.269. The number of nitrogens with zero attached hydrogens (tertiary/aromatic N) is 8. The number of carboxylic acid groups (broad SMARTS) is 1. The first kappa shape index (κ1) is 47.6. The van der Waals surface area contributed by atoms with E-state index in [9.17, 15) is 24.3 Å². The fourth-order valence-corrected chi connectivity index (χ4v) is 8.85. The lowest BCUT2D eigenvalue weighted by atomic mass is 9.70. The first-order chi connectivity index (χ1) is 32.7.